The van der Waals surface area contributed by atoms with Gasteiger partial charge in [0.05, 0.1) is 0 Å². The molecule has 3 nitrogen and oxygen atoms in total. The van der Waals surface area contributed by atoms with Crippen molar-refractivity contribution in [2.75, 3.05) is 0 Å². The van der Waals surface area contributed by atoms with Crippen molar-refractivity contribution in [1.82, 2.24) is 4.72 Å². The fourth-order valence-electron chi connectivity index (χ4n) is 1.95. The molecule has 1 heterocycles. The van der Waals surface area contributed by atoms with Crippen LogP contribution in [0, 0.1) is 0 Å². The molecule has 0 atom stereocenters. The molecule has 84 valence electrons. The van der Waals surface area contributed by atoms with Gasteiger partial charge in [0.15, 0.2) is 0 Å². The molecular formula is C13H10N2OS. The van der Waals surface area contributed by atoms with Gasteiger partial charge in [0.25, 0.3) is 0 Å². The Kier molecular flexibility index (Phi) is 2.30. The topological polar surface area (TPSA) is 55.1 Å². The summed E-state index contributed by atoms with van der Waals surface area (Å²) < 4.78 is 3.13. The summed E-state index contributed by atoms with van der Waals surface area (Å²) in [7, 11) is 0. The minimum atomic E-state index is -0.397. The first kappa shape index (κ1) is 10.2. The third kappa shape index (κ3) is 1.66. The molecule has 0 spiro atoms. The van der Waals surface area contributed by atoms with Crippen LogP contribution >= 0.6 is 11.9 Å². The van der Waals surface area contributed by atoms with Crippen molar-refractivity contribution in [1.29, 1.82) is 0 Å². The molecule has 1 aromatic carbocycles. The molecular weight excluding hydrogens is 232 g/mol. The predicted octanol–water partition coefficient (Wildman–Crippen LogP) is 2.29. The van der Waals surface area contributed by atoms with Crippen molar-refractivity contribution in [2.24, 2.45) is 5.73 Å². The lowest BCUT2D eigenvalue weighted by atomic mass is 9.98. The molecule has 2 aliphatic rings. The van der Waals surface area contributed by atoms with Crippen LogP contribution < -0.4 is 10.5 Å². The van der Waals surface area contributed by atoms with Gasteiger partial charge in [0.2, 0.25) is 5.91 Å². The zero-order valence-corrected chi connectivity index (χ0v) is 9.75. The number of hydrogen-bond acceptors (Lipinski definition) is 3. The highest BCUT2D eigenvalue weighted by Gasteiger charge is 2.18. The molecule has 4 heteroatoms. The smallest absolute Gasteiger partial charge is 0.248 e. The summed E-state index contributed by atoms with van der Waals surface area (Å²) in [6.45, 7) is 0. The normalized spacial score (nSPS) is 16.2. The fraction of sp³-hybridized carbons (Fsp3) is 0. The standard InChI is InChI=1S/C13H10N2OS/c14-13(16)9-4-5-10-8(6-9)2-1-3-12-11(10)7-15-17-12/h1-7,15H,(H2,14,16). The summed E-state index contributed by atoms with van der Waals surface area (Å²) in [6, 6.07) is 5.54. The number of carbonyl (C=O) groups excluding carboxylic acids is 1. The molecule has 3 N–H and O–H groups in total. The molecule has 0 fully saturated rings. The highest BCUT2D eigenvalue weighted by Crippen LogP contribution is 2.38. The van der Waals surface area contributed by atoms with E-state index in [1.54, 1.807) is 18.0 Å². The number of allylic oxidation sites excluding steroid dienone is 3. The second kappa shape index (κ2) is 3.82. The lowest BCUT2D eigenvalue weighted by Gasteiger charge is -2.07. The van der Waals surface area contributed by atoms with Gasteiger partial charge in [-0.3, -0.25) is 4.79 Å². The molecule has 17 heavy (non-hydrogen) atoms. The summed E-state index contributed by atoms with van der Waals surface area (Å²) in [5.74, 6) is -0.397. The number of amides is 1. The van der Waals surface area contributed by atoms with E-state index in [1.807, 2.05) is 30.5 Å². The number of rotatable bonds is 1. The van der Waals surface area contributed by atoms with Crippen molar-refractivity contribution in [3.05, 3.63) is 58.1 Å². The molecule has 0 saturated heterocycles. The van der Waals surface area contributed by atoms with Crippen LogP contribution in [0.2, 0.25) is 0 Å². The maximum atomic E-state index is 11.2. The zero-order valence-electron chi connectivity index (χ0n) is 8.94. The van der Waals surface area contributed by atoms with Crippen molar-refractivity contribution in [3.63, 3.8) is 0 Å². The van der Waals surface area contributed by atoms with E-state index in [4.69, 9.17) is 5.73 Å². The van der Waals surface area contributed by atoms with E-state index >= 15 is 0 Å². The Morgan fingerprint density at radius 2 is 2.24 bits per heavy atom. The third-order valence-corrected chi connectivity index (χ3v) is 3.60. The molecule has 1 aromatic rings. The highest BCUT2D eigenvalue weighted by molar-refractivity contribution is 8.02. The van der Waals surface area contributed by atoms with Gasteiger partial charge in [-0.05, 0) is 41.3 Å². The van der Waals surface area contributed by atoms with Crippen molar-refractivity contribution >= 4 is 29.5 Å². The molecule has 3 rings (SSSR count). The predicted molar refractivity (Wildman–Crippen MR) is 70.8 cm³/mol. The summed E-state index contributed by atoms with van der Waals surface area (Å²) >= 11 is 1.59. The van der Waals surface area contributed by atoms with Crippen molar-refractivity contribution in [2.45, 2.75) is 0 Å². The van der Waals surface area contributed by atoms with E-state index in [9.17, 15) is 4.79 Å². The number of nitrogens with two attached hydrogens (primary N) is 1. The van der Waals surface area contributed by atoms with Gasteiger partial charge in [-0.2, -0.15) is 0 Å². The van der Waals surface area contributed by atoms with Gasteiger partial charge in [0, 0.05) is 22.2 Å². The van der Waals surface area contributed by atoms with E-state index in [-0.39, 0.29) is 0 Å². The number of carbonyl (C=O) groups is 1. The third-order valence-electron chi connectivity index (χ3n) is 2.79. The van der Waals surface area contributed by atoms with Crippen LogP contribution in [-0.2, 0) is 0 Å². The van der Waals surface area contributed by atoms with E-state index in [2.05, 4.69) is 10.8 Å². The number of benzene rings is 1. The second-order valence-electron chi connectivity index (χ2n) is 3.83. The maximum Gasteiger partial charge on any atom is 0.248 e. The van der Waals surface area contributed by atoms with E-state index in [0.29, 0.717) is 5.56 Å². The lowest BCUT2D eigenvalue weighted by Crippen LogP contribution is -2.11. The van der Waals surface area contributed by atoms with Crippen LogP contribution in [0.1, 0.15) is 21.5 Å². The monoisotopic (exact) mass is 242 g/mol. The number of nitrogens with one attached hydrogen (secondary N) is 1. The summed E-state index contributed by atoms with van der Waals surface area (Å²) in [6.07, 6.45) is 8.01. The van der Waals surface area contributed by atoms with Crippen LogP contribution in [-0.4, -0.2) is 5.91 Å². The Labute approximate surface area is 103 Å². The van der Waals surface area contributed by atoms with Crippen LogP contribution in [0.25, 0.3) is 11.6 Å². The van der Waals surface area contributed by atoms with Gasteiger partial charge in [0.1, 0.15) is 0 Å². The molecule has 1 aliphatic heterocycles. The number of fused-ring (bicyclic) bond motifs is 3. The first-order valence-electron chi connectivity index (χ1n) is 5.21. The van der Waals surface area contributed by atoms with Gasteiger partial charge in [-0.1, -0.05) is 18.2 Å². The molecule has 1 amide bonds. The fourth-order valence-corrected chi connectivity index (χ4v) is 2.68. The van der Waals surface area contributed by atoms with Crippen LogP contribution in [0.5, 0.6) is 0 Å². The molecule has 0 bridgehead atoms. The van der Waals surface area contributed by atoms with E-state index in [1.165, 1.54) is 4.91 Å². The number of primary amides is 1. The van der Waals surface area contributed by atoms with Crippen LogP contribution in [0.4, 0.5) is 0 Å². The first-order chi connectivity index (χ1) is 8.25. The summed E-state index contributed by atoms with van der Waals surface area (Å²) in [4.78, 5) is 12.3. The summed E-state index contributed by atoms with van der Waals surface area (Å²) in [5.41, 5.74) is 9.12. The Morgan fingerprint density at radius 1 is 1.35 bits per heavy atom. The minimum Gasteiger partial charge on any atom is -0.366 e. The highest BCUT2D eigenvalue weighted by atomic mass is 32.2. The molecule has 1 aliphatic carbocycles. The molecule has 0 radical (unpaired) electrons. The van der Waals surface area contributed by atoms with Crippen LogP contribution in [0.15, 0.2) is 41.5 Å². The van der Waals surface area contributed by atoms with E-state index < -0.39 is 5.91 Å². The summed E-state index contributed by atoms with van der Waals surface area (Å²) in [5, 5.41) is 0. The lowest BCUT2D eigenvalue weighted by molar-refractivity contribution is 0.100. The van der Waals surface area contributed by atoms with Crippen LogP contribution in [0.3, 0.4) is 0 Å². The number of hydrogen-bond donors (Lipinski definition) is 2. The Morgan fingerprint density at radius 3 is 3.06 bits per heavy atom. The Balaban J connectivity index is 2.18. The van der Waals surface area contributed by atoms with Gasteiger partial charge >= 0.3 is 0 Å². The van der Waals surface area contributed by atoms with E-state index in [0.717, 1.165) is 16.7 Å². The Bertz CT molecular complexity index is 599. The second-order valence-corrected chi connectivity index (χ2v) is 4.71. The average molecular weight is 242 g/mol. The largest absolute Gasteiger partial charge is 0.366 e. The molecule has 0 saturated carbocycles. The Hall–Kier alpha value is -1.94. The van der Waals surface area contributed by atoms with Gasteiger partial charge in [-0.25, -0.2) is 0 Å². The first-order valence-corrected chi connectivity index (χ1v) is 6.03. The molecule has 0 aromatic heterocycles. The van der Waals surface area contributed by atoms with Gasteiger partial charge < -0.3 is 10.5 Å². The average Bonchev–Trinajstić information content (AvgIpc) is 2.71. The maximum absolute atomic E-state index is 11.2. The van der Waals surface area contributed by atoms with Crippen molar-refractivity contribution in [3.8, 4) is 0 Å². The zero-order chi connectivity index (χ0) is 11.8. The quantitative estimate of drug-likeness (QED) is 0.743. The van der Waals surface area contributed by atoms with Crippen molar-refractivity contribution < 1.29 is 4.79 Å². The molecule has 0 unspecified atom stereocenters. The minimum absolute atomic E-state index is 0.397. The van der Waals surface area contributed by atoms with Gasteiger partial charge in [-0.15, -0.1) is 0 Å². The SMILES string of the molecule is NC(=O)c1ccc2c(c1)C=CC=C1SNC=C12.